The fourth-order valence-electron chi connectivity index (χ4n) is 18.7. The molecule has 0 aromatic heterocycles. The average molecular weight is 819 g/mol. The Morgan fingerprint density at radius 2 is 0.383 bits per heavy atom. The zero-order valence-corrected chi connectivity index (χ0v) is 39.7. The molecule has 0 heterocycles. The zero-order chi connectivity index (χ0) is 40.1. The van der Waals surface area contributed by atoms with Crippen LogP contribution in [-0.4, -0.2) is 0 Å². The van der Waals surface area contributed by atoms with Crippen LogP contribution in [0.5, 0.6) is 0 Å². The highest BCUT2D eigenvalue weighted by atomic mass is 14.5. The monoisotopic (exact) mass is 819 g/mol. The Morgan fingerprint density at radius 3 is 0.633 bits per heavy atom. The first kappa shape index (κ1) is 43.4. The SMILES string of the molecule is C(=C1CCCCC1)C1CCC(C2CCC(C3CCC(C4CCC5CC(C6CCC(C7CCC(C8CCC(C=C9CCCCC9)CC8)CC7)CC6)CCC5C4)CC3)CC2)CC1. The predicted molar refractivity (Wildman–Crippen MR) is 257 cm³/mol. The van der Waals surface area contributed by atoms with Crippen LogP contribution in [0, 0.1) is 94.7 Å². The summed E-state index contributed by atoms with van der Waals surface area (Å²) >= 11 is 0. The van der Waals surface area contributed by atoms with E-state index in [2.05, 4.69) is 12.2 Å². The van der Waals surface area contributed by atoms with Crippen molar-refractivity contribution >= 4 is 0 Å². The van der Waals surface area contributed by atoms with Crippen molar-refractivity contribution in [3.8, 4) is 0 Å². The van der Waals surface area contributed by atoms with E-state index in [1.807, 2.05) is 11.1 Å². The van der Waals surface area contributed by atoms with Crippen LogP contribution in [0.1, 0.15) is 257 Å². The van der Waals surface area contributed by atoms with Gasteiger partial charge < -0.3 is 0 Å². The van der Waals surface area contributed by atoms with Gasteiger partial charge in [0.25, 0.3) is 0 Å². The summed E-state index contributed by atoms with van der Waals surface area (Å²) in [4.78, 5) is 0. The van der Waals surface area contributed by atoms with Gasteiger partial charge in [0.05, 0.1) is 0 Å². The van der Waals surface area contributed by atoms with E-state index in [0.29, 0.717) is 0 Å². The van der Waals surface area contributed by atoms with E-state index in [1.54, 1.807) is 167 Å². The molecule has 4 atom stereocenters. The lowest BCUT2D eigenvalue weighted by Gasteiger charge is -2.48. The second kappa shape index (κ2) is 21.2. The number of hydrogen-bond acceptors (Lipinski definition) is 0. The summed E-state index contributed by atoms with van der Waals surface area (Å²) < 4.78 is 0. The molecule has 338 valence electrons. The molecule has 0 aliphatic heterocycles. The summed E-state index contributed by atoms with van der Waals surface area (Å²) in [5.41, 5.74) is 3.67. The second-order valence-corrected chi connectivity index (χ2v) is 25.5. The average Bonchev–Trinajstić information content (AvgIpc) is 3.33. The Balaban J connectivity index is 0.587. The van der Waals surface area contributed by atoms with Gasteiger partial charge in [-0.15, -0.1) is 0 Å². The molecule has 60 heavy (non-hydrogen) atoms. The first-order valence-corrected chi connectivity index (χ1v) is 29.1. The van der Waals surface area contributed by atoms with Crippen LogP contribution in [0.4, 0.5) is 0 Å². The van der Waals surface area contributed by atoms with E-state index >= 15 is 0 Å². The van der Waals surface area contributed by atoms with Crippen molar-refractivity contribution in [2.75, 3.05) is 0 Å². The normalized spacial score (nSPS) is 46.3. The molecule has 0 aromatic rings. The number of rotatable bonds is 8. The molecule has 10 saturated carbocycles. The minimum atomic E-state index is 0.939. The lowest BCUT2D eigenvalue weighted by Crippen LogP contribution is -2.37. The molecule has 0 saturated heterocycles. The van der Waals surface area contributed by atoms with Crippen LogP contribution in [0.15, 0.2) is 23.3 Å². The third-order valence-electron chi connectivity index (χ3n) is 22.5. The van der Waals surface area contributed by atoms with Gasteiger partial charge in [-0.3, -0.25) is 0 Å². The molecule has 0 N–H and O–H groups in total. The van der Waals surface area contributed by atoms with Crippen molar-refractivity contribution in [2.45, 2.75) is 257 Å². The maximum atomic E-state index is 2.77. The quantitative estimate of drug-likeness (QED) is 0.214. The lowest BCUT2D eigenvalue weighted by molar-refractivity contribution is 0.0273. The minimum absolute atomic E-state index is 0.939. The van der Waals surface area contributed by atoms with Gasteiger partial charge in [-0.05, 0) is 339 Å². The molecule has 10 aliphatic rings. The van der Waals surface area contributed by atoms with Gasteiger partial charge >= 0.3 is 0 Å². The van der Waals surface area contributed by atoms with Crippen LogP contribution in [0.25, 0.3) is 0 Å². The predicted octanol–water partition coefficient (Wildman–Crippen LogP) is 18.4. The summed E-state index contributed by atoms with van der Waals surface area (Å²) in [5, 5.41) is 0. The molecule has 0 spiro atoms. The molecular weight excluding hydrogens is 721 g/mol. The Bertz CT molecular complexity index is 1210. The lowest BCUT2D eigenvalue weighted by atomic mass is 9.57. The van der Waals surface area contributed by atoms with Gasteiger partial charge in [-0.2, -0.15) is 0 Å². The molecular formula is C60H98. The zero-order valence-electron chi connectivity index (χ0n) is 39.7. The van der Waals surface area contributed by atoms with Crippen molar-refractivity contribution in [1.82, 2.24) is 0 Å². The molecule has 4 unspecified atom stereocenters. The Morgan fingerprint density at radius 1 is 0.200 bits per heavy atom. The van der Waals surface area contributed by atoms with E-state index in [0.717, 1.165) is 94.7 Å². The Hall–Kier alpha value is -0.520. The Kier molecular flexibility index (Phi) is 15.3. The molecule has 10 rings (SSSR count). The van der Waals surface area contributed by atoms with E-state index in [-0.39, 0.29) is 0 Å². The smallest absolute Gasteiger partial charge is 0.0231 e. The molecule has 0 amide bonds. The van der Waals surface area contributed by atoms with Crippen LogP contribution in [0.3, 0.4) is 0 Å². The molecule has 0 bridgehead atoms. The number of allylic oxidation sites excluding steroid dienone is 4. The molecule has 0 aromatic carbocycles. The van der Waals surface area contributed by atoms with Crippen molar-refractivity contribution in [2.24, 2.45) is 94.7 Å². The van der Waals surface area contributed by atoms with Crippen molar-refractivity contribution < 1.29 is 0 Å². The Labute approximate surface area is 373 Å². The van der Waals surface area contributed by atoms with E-state index in [9.17, 15) is 0 Å². The molecule has 0 heteroatoms. The largest absolute Gasteiger partial charge is 0.0822 e. The van der Waals surface area contributed by atoms with Crippen molar-refractivity contribution in [1.29, 1.82) is 0 Å². The third-order valence-corrected chi connectivity index (χ3v) is 22.5. The van der Waals surface area contributed by atoms with Crippen LogP contribution >= 0.6 is 0 Å². The summed E-state index contributed by atoms with van der Waals surface area (Å²) in [5.74, 6) is 17.2. The molecule has 10 aliphatic carbocycles. The van der Waals surface area contributed by atoms with E-state index in [4.69, 9.17) is 0 Å². The fraction of sp³-hybridized carbons (Fsp3) is 0.933. The van der Waals surface area contributed by atoms with Gasteiger partial charge in [0, 0.05) is 0 Å². The minimum Gasteiger partial charge on any atom is -0.0822 e. The van der Waals surface area contributed by atoms with Crippen molar-refractivity contribution in [3.05, 3.63) is 23.3 Å². The van der Waals surface area contributed by atoms with Gasteiger partial charge in [0.2, 0.25) is 0 Å². The standard InChI is InChI=1S/C60H98/c1-3-7-43(8-4-1)39-45-11-15-47(16-12-45)49-19-23-51(24-20-49)53-27-31-55(32-28-53)57-35-37-60-42-58(36-38-59(60)41-57)56-33-29-54(30-34-56)52-25-21-50(22-26-52)48-17-13-46(14-18-48)40-44-9-5-2-6-10-44/h39-40,45-60H,1-38,41-42H2. The number of fused-ring (bicyclic) bond motifs is 1. The first-order valence-electron chi connectivity index (χ1n) is 29.1. The summed E-state index contributed by atoms with van der Waals surface area (Å²) in [7, 11) is 0. The highest BCUT2D eigenvalue weighted by Crippen LogP contribution is 2.54. The van der Waals surface area contributed by atoms with Crippen molar-refractivity contribution in [3.63, 3.8) is 0 Å². The first-order chi connectivity index (χ1) is 29.7. The van der Waals surface area contributed by atoms with Gasteiger partial charge in [0.1, 0.15) is 0 Å². The highest BCUT2D eigenvalue weighted by molar-refractivity contribution is 5.08. The van der Waals surface area contributed by atoms with Gasteiger partial charge in [0.15, 0.2) is 0 Å². The van der Waals surface area contributed by atoms with Crippen LogP contribution in [-0.2, 0) is 0 Å². The number of hydrogen-bond donors (Lipinski definition) is 0. The second-order valence-electron chi connectivity index (χ2n) is 25.5. The molecule has 0 nitrogen and oxygen atoms in total. The summed E-state index contributed by atoms with van der Waals surface area (Å²) in [6.07, 6.45) is 67.8. The van der Waals surface area contributed by atoms with Gasteiger partial charge in [-0.1, -0.05) is 36.1 Å². The van der Waals surface area contributed by atoms with Crippen LogP contribution < -0.4 is 0 Å². The topological polar surface area (TPSA) is 0 Å². The third kappa shape index (κ3) is 10.9. The highest BCUT2D eigenvalue weighted by Gasteiger charge is 2.43. The fourth-order valence-corrected chi connectivity index (χ4v) is 18.7. The maximum Gasteiger partial charge on any atom is -0.0231 e. The summed E-state index contributed by atoms with van der Waals surface area (Å²) in [6, 6.07) is 0. The summed E-state index contributed by atoms with van der Waals surface area (Å²) in [6.45, 7) is 0. The van der Waals surface area contributed by atoms with E-state index < -0.39 is 0 Å². The maximum absolute atomic E-state index is 2.77. The molecule has 0 radical (unpaired) electrons. The van der Waals surface area contributed by atoms with E-state index in [1.165, 1.54) is 89.9 Å². The van der Waals surface area contributed by atoms with Gasteiger partial charge in [-0.25, -0.2) is 0 Å². The molecule has 10 fully saturated rings. The van der Waals surface area contributed by atoms with Crippen LogP contribution in [0.2, 0.25) is 0 Å².